The minimum Gasteiger partial charge on any atom is -0.481 e. The fourth-order valence-corrected chi connectivity index (χ4v) is 0.510. The van der Waals surface area contributed by atoms with Crippen LogP contribution < -0.4 is 0 Å². The maximum atomic E-state index is 10.2. The highest BCUT2D eigenvalue weighted by Gasteiger charge is 2.27. The Morgan fingerprint density at radius 3 is 2.10 bits per heavy atom. The van der Waals surface area contributed by atoms with E-state index in [9.17, 15) is 9.90 Å². The lowest BCUT2D eigenvalue weighted by Gasteiger charge is -2.25. The van der Waals surface area contributed by atoms with E-state index in [-0.39, 0.29) is 12.3 Å². The summed E-state index contributed by atoms with van der Waals surface area (Å²) < 4.78 is 0. The zero-order valence-corrected chi connectivity index (χ0v) is 6.59. The standard InChI is InChI=1S/C7H14O3/c1-5(2)7(3,10)4-6(8)9/h5,10H,4H2,1-3H3,(H,8,9). The van der Waals surface area contributed by atoms with Gasteiger partial charge in [-0.25, -0.2) is 0 Å². The summed E-state index contributed by atoms with van der Waals surface area (Å²) in [5.74, 6) is -0.984. The van der Waals surface area contributed by atoms with Gasteiger partial charge in [-0.2, -0.15) is 0 Å². The molecule has 0 saturated heterocycles. The van der Waals surface area contributed by atoms with Crippen molar-refractivity contribution >= 4 is 5.97 Å². The third-order valence-corrected chi connectivity index (χ3v) is 1.75. The van der Waals surface area contributed by atoms with Gasteiger partial charge in [0.05, 0.1) is 12.0 Å². The molecular weight excluding hydrogens is 132 g/mol. The van der Waals surface area contributed by atoms with Crippen LogP contribution in [0.4, 0.5) is 0 Å². The summed E-state index contributed by atoms with van der Waals surface area (Å²) in [5.41, 5.74) is -1.08. The lowest BCUT2D eigenvalue weighted by molar-refractivity contribution is -0.143. The largest absolute Gasteiger partial charge is 0.481 e. The summed E-state index contributed by atoms with van der Waals surface area (Å²) >= 11 is 0. The maximum Gasteiger partial charge on any atom is 0.306 e. The maximum absolute atomic E-state index is 10.2. The van der Waals surface area contributed by atoms with Gasteiger partial charge >= 0.3 is 5.97 Å². The Kier molecular flexibility index (Phi) is 2.84. The molecule has 1 unspecified atom stereocenters. The van der Waals surface area contributed by atoms with Crippen LogP contribution in [-0.2, 0) is 4.79 Å². The van der Waals surface area contributed by atoms with Crippen LogP contribution in [0, 0.1) is 5.92 Å². The number of aliphatic hydroxyl groups is 1. The van der Waals surface area contributed by atoms with Crippen molar-refractivity contribution in [3.63, 3.8) is 0 Å². The molecule has 0 fully saturated rings. The molecule has 0 aromatic carbocycles. The quantitative estimate of drug-likeness (QED) is 0.621. The number of carboxylic acid groups (broad SMARTS) is 1. The molecule has 0 aromatic heterocycles. The van der Waals surface area contributed by atoms with E-state index in [2.05, 4.69) is 0 Å². The number of carbonyl (C=O) groups is 1. The molecule has 3 heteroatoms. The van der Waals surface area contributed by atoms with Crippen molar-refractivity contribution in [2.75, 3.05) is 0 Å². The topological polar surface area (TPSA) is 57.5 Å². The minimum absolute atomic E-state index is 0.0244. The Morgan fingerprint density at radius 1 is 1.60 bits per heavy atom. The fraction of sp³-hybridized carbons (Fsp3) is 0.857. The Morgan fingerprint density at radius 2 is 2.00 bits per heavy atom. The van der Waals surface area contributed by atoms with Gasteiger partial charge in [0.1, 0.15) is 0 Å². The number of aliphatic carboxylic acids is 1. The van der Waals surface area contributed by atoms with Crippen molar-refractivity contribution < 1.29 is 15.0 Å². The third-order valence-electron chi connectivity index (χ3n) is 1.75. The number of hydrogen-bond acceptors (Lipinski definition) is 2. The average Bonchev–Trinajstić information content (AvgIpc) is 1.60. The van der Waals surface area contributed by atoms with E-state index < -0.39 is 11.6 Å². The molecule has 2 N–H and O–H groups in total. The SMILES string of the molecule is CC(C)C(C)(O)CC(=O)O. The van der Waals surface area contributed by atoms with E-state index in [1.54, 1.807) is 13.8 Å². The van der Waals surface area contributed by atoms with Crippen molar-refractivity contribution in [2.24, 2.45) is 5.92 Å². The summed E-state index contributed by atoms with van der Waals surface area (Å²) in [5, 5.41) is 17.7. The van der Waals surface area contributed by atoms with Crippen LogP contribution in [0.1, 0.15) is 27.2 Å². The Balaban J connectivity index is 3.99. The monoisotopic (exact) mass is 146 g/mol. The predicted molar refractivity (Wildman–Crippen MR) is 37.7 cm³/mol. The van der Waals surface area contributed by atoms with E-state index in [4.69, 9.17) is 5.11 Å². The molecule has 0 spiro atoms. The van der Waals surface area contributed by atoms with Crippen molar-refractivity contribution in [3.05, 3.63) is 0 Å². The summed E-state index contributed by atoms with van der Waals surface area (Å²) in [7, 11) is 0. The van der Waals surface area contributed by atoms with Crippen LogP contribution in [0.25, 0.3) is 0 Å². The molecule has 3 nitrogen and oxygen atoms in total. The van der Waals surface area contributed by atoms with E-state index in [0.717, 1.165) is 0 Å². The zero-order chi connectivity index (χ0) is 8.36. The highest BCUT2D eigenvalue weighted by molar-refractivity contribution is 5.68. The fourth-order valence-electron chi connectivity index (χ4n) is 0.510. The molecule has 0 amide bonds. The number of hydrogen-bond donors (Lipinski definition) is 2. The first-order chi connectivity index (χ1) is 4.36. The smallest absolute Gasteiger partial charge is 0.306 e. The Labute approximate surface area is 60.7 Å². The molecule has 60 valence electrons. The predicted octanol–water partition coefficient (Wildman–Crippen LogP) is 0.868. The van der Waals surface area contributed by atoms with E-state index in [0.29, 0.717) is 0 Å². The lowest BCUT2D eigenvalue weighted by Crippen LogP contribution is -2.33. The molecule has 0 rings (SSSR count). The van der Waals surface area contributed by atoms with Gasteiger partial charge in [0.15, 0.2) is 0 Å². The first-order valence-corrected chi connectivity index (χ1v) is 3.30. The molecule has 0 heterocycles. The van der Waals surface area contributed by atoms with Crippen molar-refractivity contribution in [1.82, 2.24) is 0 Å². The van der Waals surface area contributed by atoms with E-state index >= 15 is 0 Å². The van der Waals surface area contributed by atoms with Crippen molar-refractivity contribution in [1.29, 1.82) is 0 Å². The van der Waals surface area contributed by atoms with Gasteiger partial charge in [-0.15, -0.1) is 0 Å². The molecule has 1 atom stereocenters. The summed E-state index contributed by atoms with van der Waals surface area (Å²) in [6.45, 7) is 5.12. The highest BCUT2D eigenvalue weighted by Crippen LogP contribution is 2.19. The summed E-state index contributed by atoms with van der Waals surface area (Å²) in [4.78, 5) is 10.2. The second kappa shape index (κ2) is 3.01. The minimum atomic E-state index is -1.08. The van der Waals surface area contributed by atoms with Crippen LogP contribution in [0.5, 0.6) is 0 Å². The first-order valence-electron chi connectivity index (χ1n) is 3.30. The molecule has 0 aliphatic heterocycles. The van der Waals surface area contributed by atoms with Gasteiger partial charge in [0, 0.05) is 0 Å². The molecule has 0 aliphatic rings. The van der Waals surface area contributed by atoms with E-state index in [1.807, 2.05) is 0 Å². The zero-order valence-electron chi connectivity index (χ0n) is 6.59. The van der Waals surface area contributed by atoms with Gasteiger partial charge in [0.25, 0.3) is 0 Å². The molecular formula is C7H14O3. The second-order valence-corrected chi connectivity index (χ2v) is 3.08. The second-order valence-electron chi connectivity index (χ2n) is 3.08. The van der Waals surface area contributed by atoms with Crippen LogP contribution in [0.15, 0.2) is 0 Å². The normalized spacial score (nSPS) is 16.9. The van der Waals surface area contributed by atoms with Gasteiger partial charge < -0.3 is 10.2 Å². The summed E-state index contributed by atoms with van der Waals surface area (Å²) in [6, 6.07) is 0. The van der Waals surface area contributed by atoms with Gasteiger partial charge in [-0.3, -0.25) is 4.79 Å². The molecule has 0 aromatic rings. The average molecular weight is 146 g/mol. The van der Waals surface area contributed by atoms with Crippen LogP contribution in [0.3, 0.4) is 0 Å². The molecule has 10 heavy (non-hydrogen) atoms. The number of rotatable bonds is 3. The van der Waals surface area contributed by atoms with Crippen LogP contribution >= 0.6 is 0 Å². The van der Waals surface area contributed by atoms with Gasteiger partial charge in [-0.1, -0.05) is 13.8 Å². The van der Waals surface area contributed by atoms with Crippen LogP contribution in [-0.4, -0.2) is 21.8 Å². The molecule has 0 saturated carbocycles. The summed E-state index contributed by atoms with van der Waals surface area (Å²) in [6.07, 6.45) is -0.190. The Bertz CT molecular complexity index is 127. The van der Waals surface area contributed by atoms with Crippen molar-refractivity contribution in [3.8, 4) is 0 Å². The number of carboxylic acids is 1. The molecule has 0 aliphatic carbocycles. The first kappa shape index (κ1) is 9.43. The van der Waals surface area contributed by atoms with Crippen LogP contribution in [0.2, 0.25) is 0 Å². The highest BCUT2D eigenvalue weighted by atomic mass is 16.4. The molecule has 0 bridgehead atoms. The molecule has 0 radical (unpaired) electrons. The van der Waals surface area contributed by atoms with Gasteiger partial charge in [0.2, 0.25) is 0 Å². The van der Waals surface area contributed by atoms with Gasteiger partial charge in [-0.05, 0) is 12.8 Å². The van der Waals surface area contributed by atoms with Crippen molar-refractivity contribution in [2.45, 2.75) is 32.8 Å². The Hall–Kier alpha value is -0.570. The lowest BCUT2D eigenvalue weighted by atomic mass is 9.89. The third kappa shape index (κ3) is 2.82. The van der Waals surface area contributed by atoms with E-state index in [1.165, 1.54) is 6.92 Å².